The van der Waals surface area contributed by atoms with Gasteiger partial charge in [0.25, 0.3) is 5.91 Å². The van der Waals surface area contributed by atoms with Gasteiger partial charge in [-0.05, 0) is 42.6 Å². The highest BCUT2D eigenvalue weighted by Gasteiger charge is 2.68. The van der Waals surface area contributed by atoms with Crippen LogP contribution in [0.1, 0.15) is 68.4 Å². The van der Waals surface area contributed by atoms with E-state index in [-0.39, 0.29) is 28.9 Å². The quantitative estimate of drug-likeness (QED) is 0.535. The van der Waals surface area contributed by atoms with E-state index < -0.39 is 23.2 Å². The number of benzene rings is 1. The number of phenols is 1. The van der Waals surface area contributed by atoms with Crippen LogP contribution in [0.3, 0.4) is 0 Å². The van der Waals surface area contributed by atoms with Crippen LogP contribution in [-0.4, -0.2) is 39.0 Å². The van der Waals surface area contributed by atoms with Gasteiger partial charge in [-0.25, -0.2) is 0 Å². The van der Waals surface area contributed by atoms with E-state index in [0.717, 1.165) is 24.0 Å². The van der Waals surface area contributed by atoms with Crippen molar-refractivity contribution in [3.8, 4) is 11.5 Å². The molecule has 4 aliphatic rings. The number of hydrogen-bond donors (Lipinski definition) is 4. The molecule has 6 atom stereocenters. The monoisotopic (exact) mass is 401 g/mol. The Morgan fingerprint density at radius 1 is 1.17 bits per heavy atom. The van der Waals surface area contributed by atoms with Crippen molar-refractivity contribution in [3.63, 3.8) is 0 Å². The number of hydrogen-bond acceptors (Lipinski definition) is 5. The van der Waals surface area contributed by atoms with Gasteiger partial charge in [-0.1, -0.05) is 27.7 Å². The summed E-state index contributed by atoms with van der Waals surface area (Å²) in [4.78, 5) is 12.2. The molecule has 1 spiro atoms. The van der Waals surface area contributed by atoms with Crippen LogP contribution in [0.4, 0.5) is 0 Å². The SMILES string of the molecule is C[C@@H]1CC[C@H]2C(C)(C)[C@@H](O)[C@H](O)C[C@]2(C)[C@@]12Cc1c(O)cc3c(c1O2)CNC3=O. The Balaban J connectivity index is 1.66. The topological polar surface area (TPSA) is 99.0 Å². The Morgan fingerprint density at radius 3 is 2.62 bits per heavy atom. The first-order chi connectivity index (χ1) is 13.5. The van der Waals surface area contributed by atoms with Crippen LogP contribution in [-0.2, 0) is 13.0 Å². The van der Waals surface area contributed by atoms with Crippen LogP contribution in [0.5, 0.6) is 11.5 Å². The van der Waals surface area contributed by atoms with E-state index in [2.05, 4.69) is 19.2 Å². The zero-order chi connectivity index (χ0) is 20.9. The van der Waals surface area contributed by atoms with E-state index in [0.29, 0.717) is 30.7 Å². The lowest BCUT2D eigenvalue weighted by molar-refractivity contribution is -0.240. The first kappa shape index (κ1) is 19.2. The average Bonchev–Trinajstić information content (AvgIpc) is 3.22. The zero-order valence-corrected chi connectivity index (χ0v) is 17.6. The smallest absolute Gasteiger partial charge is 0.252 e. The number of amides is 1. The number of aliphatic hydroxyl groups excluding tert-OH is 2. The Labute approximate surface area is 171 Å². The van der Waals surface area contributed by atoms with E-state index in [9.17, 15) is 20.1 Å². The number of nitrogens with one attached hydrogen (secondary N) is 1. The maximum atomic E-state index is 12.2. The second kappa shape index (κ2) is 5.67. The van der Waals surface area contributed by atoms with Crippen molar-refractivity contribution in [1.82, 2.24) is 5.32 Å². The molecule has 5 rings (SSSR count). The molecule has 2 aliphatic carbocycles. The largest absolute Gasteiger partial charge is 0.508 e. The van der Waals surface area contributed by atoms with Gasteiger partial charge in [0.1, 0.15) is 17.1 Å². The highest BCUT2D eigenvalue weighted by Crippen LogP contribution is 2.67. The maximum absolute atomic E-state index is 12.2. The molecule has 1 amide bonds. The lowest BCUT2D eigenvalue weighted by Crippen LogP contribution is -2.69. The average molecular weight is 402 g/mol. The fourth-order valence-corrected chi connectivity index (χ4v) is 7.32. The van der Waals surface area contributed by atoms with E-state index >= 15 is 0 Å². The molecule has 1 aromatic rings. The Bertz CT molecular complexity index is 911. The van der Waals surface area contributed by atoms with Crippen molar-refractivity contribution in [2.45, 2.75) is 77.7 Å². The number of fused-ring (bicyclic) bond motifs is 5. The number of aliphatic hydroxyl groups is 2. The standard InChI is InChI=1S/C23H31NO5/c1-11-5-6-17-21(2,3)19(27)16(26)9-22(17,4)23(11)8-13-15(25)7-12-14(18(13)29-23)10-24-20(12)28/h7,11,16-17,19,25-27H,5-6,8-10H2,1-4H3,(H,24,28)/t11-,16-,17+,19+,22+,23-/m1/s1. The maximum Gasteiger partial charge on any atom is 0.252 e. The first-order valence-electron chi connectivity index (χ1n) is 10.7. The number of phenolic OH excluding ortho intramolecular Hbond substituents is 1. The molecule has 0 saturated heterocycles. The molecule has 158 valence electrons. The van der Waals surface area contributed by atoms with Crippen LogP contribution in [0.2, 0.25) is 0 Å². The molecule has 1 aromatic carbocycles. The lowest BCUT2D eigenvalue weighted by atomic mass is 9.43. The molecule has 29 heavy (non-hydrogen) atoms. The third kappa shape index (κ3) is 2.17. The fourth-order valence-electron chi connectivity index (χ4n) is 7.32. The van der Waals surface area contributed by atoms with Gasteiger partial charge in [-0.3, -0.25) is 4.79 Å². The molecule has 6 nitrogen and oxygen atoms in total. The molecule has 2 aliphatic heterocycles. The summed E-state index contributed by atoms with van der Waals surface area (Å²) in [6.07, 6.45) is 1.36. The van der Waals surface area contributed by atoms with Crippen molar-refractivity contribution >= 4 is 5.91 Å². The zero-order valence-electron chi connectivity index (χ0n) is 17.6. The third-order valence-electron chi connectivity index (χ3n) is 8.94. The van der Waals surface area contributed by atoms with E-state index in [1.807, 2.05) is 13.8 Å². The summed E-state index contributed by atoms with van der Waals surface area (Å²) in [6, 6.07) is 1.57. The van der Waals surface area contributed by atoms with Gasteiger partial charge in [-0.15, -0.1) is 0 Å². The minimum Gasteiger partial charge on any atom is -0.508 e. The lowest BCUT2D eigenvalue weighted by Gasteiger charge is -2.64. The van der Waals surface area contributed by atoms with Crippen molar-refractivity contribution < 1.29 is 24.9 Å². The van der Waals surface area contributed by atoms with Gasteiger partial charge in [0.15, 0.2) is 0 Å². The van der Waals surface area contributed by atoms with Gasteiger partial charge >= 0.3 is 0 Å². The predicted molar refractivity (Wildman–Crippen MR) is 107 cm³/mol. The summed E-state index contributed by atoms with van der Waals surface area (Å²) < 4.78 is 6.82. The van der Waals surface area contributed by atoms with Gasteiger partial charge in [0.05, 0.1) is 17.8 Å². The number of carbonyl (C=O) groups is 1. The molecule has 2 saturated carbocycles. The number of carbonyl (C=O) groups excluding carboxylic acids is 1. The highest BCUT2D eigenvalue weighted by molar-refractivity contribution is 6.00. The first-order valence-corrected chi connectivity index (χ1v) is 10.7. The summed E-state index contributed by atoms with van der Waals surface area (Å²) in [5.41, 5.74) is 0.679. The fraction of sp³-hybridized carbons (Fsp3) is 0.696. The minimum atomic E-state index is -0.816. The summed E-state index contributed by atoms with van der Waals surface area (Å²) in [5.74, 6) is 0.968. The predicted octanol–water partition coefficient (Wildman–Crippen LogP) is 2.51. The van der Waals surface area contributed by atoms with E-state index in [1.165, 1.54) is 0 Å². The summed E-state index contributed by atoms with van der Waals surface area (Å²) >= 11 is 0. The minimum absolute atomic E-state index is 0.112. The Hall–Kier alpha value is -1.79. The van der Waals surface area contributed by atoms with Gasteiger partial charge in [-0.2, -0.15) is 0 Å². The van der Waals surface area contributed by atoms with Gasteiger partial charge in [0, 0.05) is 29.5 Å². The second-order valence-electron chi connectivity index (χ2n) is 10.6. The molecule has 0 unspecified atom stereocenters. The Kier molecular flexibility index (Phi) is 3.75. The number of rotatable bonds is 0. The summed E-state index contributed by atoms with van der Waals surface area (Å²) in [7, 11) is 0. The highest BCUT2D eigenvalue weighted by atomic mass is 16.5. The number of ether oxygens (including phenoxy) is 1. The summed E-state index contributed by atoms with van der Waals surface area (Å²) in [5, 5.41) is 35.1. The Morgan fingerprint density at radius 2 is 1.90 bits per heavy atom. The number of aromatic hydroxyl groups is 1. The molecule has 6 heteroatoms. The van der Waals surface area contributed by atoms with Crippen LogP contribution in [0.15, 0.2) is 6.07 Å². The van der Waals surface area contributed by atoms with Crippen LogP contribution >= 0.6 is 0 Å². The molecule has 2 heterocycles. The molecule has 0 aromatic heterocycles. The van der Waals surface area contributed by atoms with Crippen molar-refractivity contribution in [2.24, 2.45) is 22.7 Å². The van der Waals surface area contributed by atoms with Crippen molar-refractivity contribution in [2.75, 3.05) is 0 Å². The molecule has 0 bridgehead atoms. The van der Waals surface area contributed by atoms with Gasteiger partial charge < -0.3 is 25.4 Å². The van der Waals surface area contributed by atoms with E-state index in [1.54, 1.807) is 6.07 Å². The molecule has 4 N–H and O–H groups in total. The normalized spacial score (nSPS) is 42.1. The van der Waals surface area contributed by atoms with E-state index in [4.69, 9.17) is 4.74 Å². The van der Waals surface area contributed by atoms with Crippen LogP contribution in [0.25, 0.3) is 0 Å². The third-order valence-corrected chi connectivity index (χ3v) is 8.94. The van der Waals surface area contributed by atoms with Crippen LogP contribution < -0.4 is 10.1 Å². The molecular formula is C23H31NO5. The van der Waals surface area contributed by atoms with Crippen molar-refractivity contribution in [1.29, 1.82) is 0 Å². The summed E-state index contributed by atoms with van der Waals surface area (Å²) in [6.45, 7) is 8.89. The second-order valence-corrected chi connectivity index (χ2v) is 10.6. The molecular weight excluding hydrogens is 370 g/mol. The van der Waals surface area contributed by atoms with Gasteiger partial charge in [0.2, 0.25) is 0 Å². The van der Waals surface area contributed by atoms with Crippen LogP contribution in [0, 0.1) is 22.7 Å². The molecule has 0 radical (unpaired) electrons. The molecule has 2 fully saturated rings. The van der Waals surface area contributed by atoms with Crippen molar-refractivity contribution in [3.05, 3.63) is 22.8 Å².